The molecule has 2 aromatic carbocycles. The zero-order valence-electron chi connectivity index (χ0n) is 12.3. The maximum Gasteiger partial charge on any atom is 0.319 e. The highest BCUT2D eigenvalue weighted by Gasteiger charge is 2.10. The summed E-state index contributed by atoms with van der Waals surface area (Å²) < 4.78 is 5.13. The van der Waals surface area contributed by atoms with Crippen LogP contribution < -0.4 is 10.6 Å². The predicted molar refractivity (Wildman–Crippen MR) is 84.2 cm³/mol. The summed E-state index contributed by atoms with van der Waals surface area (Å²) in [6, 6.07) is 17.2. The molecule has 0 radical (unpaired) electrons. The van der Waals surface area contributed by atoms with Crippen LogP contribution in [-0.4, -0.2) is 13.1 Å². The Morgan fingerprint density at radius 3 is 2.48 bits per heavy atom. The molecule has 4 heteroatoms. The van der Waals surface area contributed by atoms with Gasteiger partial charge in [-0.05, 0) is 18.6 Å². The molecule has 0 aromatic heterocycles. The van der Waals surface area contributed by atoms with E-state index in [1.807, 2.05) is 61.5 Å². The number of hydrogen-bond acceptors (Lipinski definition) is 2. The summed E-state index contributed by atoms with van der Waals surface area (Å²) in [6.45, 7) is 2.42. The number of rotatable bonds is 5. The molecule has 2 rings (SSSR count). The standard InChI is InChI=1S/C17H20N2O2/c1-13(14-8-4-3-5-9-14)18-17(20)19-16-11-7-6-10-15(16)12-21-2/h3-11,13H,12H2,1-2H3,(H2,18,19,20)/t13-/m0/s1. The summed E-state index contributed by atoms with van der Waals surface area (Å²) in [7, 11) is 1.63. The third kappa shape index (κ3) is 4.33. The SMILES string of the molecule is COCc1ccccc1NC(=O)N[C@@H](C)c1ccccc1. The minimum absolute atomic E-state index is 0.0548. The van der Waals surface area contributed by atoms with Crippen molar-refractivity contribution in [3.63, 3.8) is 0 Å². The number of para-hydroxylation sites is 1. The molecule has 0 saturated carbocycles. The number of benzene rings is 2. The van der Waals surface area contributed by atoms with E-state index >= 15 is 0 Å². The van der Waals surface area contributed by atoms with Crippen molar-refractivity contribution in [3.05, 3.63) is 65.7 Å². The maximum absolute atomic E-state index is 12.1. The lowest BCUT2D eigenvalue weighted by Crippen LogP contribution is -2.31. The molecule has 0 bridgehead atoms. The Morgan fingerprint density at radius 2 is 1.76 bits per heavy atom. The molecule has 2 aromatic rings. The first kappa shape index (κ1) is 15.1. The van der Waals surface area contributed by atoms with Crippen LogP contribution in [-0.2, 0) is 11.3 Å². The van der Waals surface area contributed by atoms with E-state index in [0.717, 1.165) is 16.8 Å². The number of carbonyl (C=O) groups is 1. The fraction of sp³-hybridized carbons (Fsp3) is 0.235. The number of amides is 2. The smallest absolute Gasteiger partial charge is 0.319 e. The van der Waals surface area contributed by atoms with Crippen LogP contribution in [0.2, 0.25) is 0 Å². The number of urea groups is 1. The molecule has 0 aliphatic carbocycles. The molecule has 0 aliphatic heterocycles. The van der Waals surface area contributed by atoms with Gasteiger partial charge >= 0.3 is 6.03 Å². The maximum atomic E-state index is 12.1. The summed E-state index contributed by atoms with van der Waals surface area (Å²) in [4.78, 5) is 12.1. The molecule has 2 N–H and O–H groups in total. The summed E-state index contributed by atoms with van der Waals surface area (Å²) in [5.41, 5.74) is 2.78. The van der Waals surface area contributed by atoms with E-state index in [9.17, 15) is 4.79 Å². The number of hydrogen-bond donors (Lipinski definition) is 2. The molecule has 2 amide bonds. The molecule has 110 valence electrons. The highest BCUT2D eigenvalue weighted by molar-refractivity contribution is 5.90. The number of carbonyl (C=O) groups excluding carboxylic acids is 1. The van der Waals surface area contributed by atoms with Crippen molar-refractivity contribution in [2.24, 2.45) is 0 Å². The Morgan fingerprint density at radius 1 is 1.10 bits per heavy atom. The first-order valence-electron chi connectivity index (χ1n) is 6.90. The highest BCUT2D eigenvalue weighted by atomic mass is 16.5. The summed E-state index contributed by atoms with van der Waals surface area (Å²) >= 11 is 0. The normalized spacial score (nSPS) is 11.7. The van der Waals surface area contributed by atoms with Gasteiger partial charge in [-0.15, -0.1) is 0 Å². The average molecular weight is 284 g/mol. The molecule has 0 spiro atoms. The van der Waals surface area contributed by atoms with Gasteiger partial charge in [-0.25, -0.2) is 4.79 Å². The van der Waals surface area contributed by atoms with Gasteiger partial charge in [0.2, 0.25) is 0 Å². The second-order valence-electron chi connectivity index (χ2n) is 4.82. The van der Waals surface area contributed by atoms with Gasteiger partial charge in [0.05, 0.1) is 12.6 Å². The van der Waals surface area contributed by atoms with Crippen molar-refractivity contribution in [2.75, 3.05) is 12.4 Å². The van der Waals surface area contributed by atoms with Crippen molar-refractivity contribution in [1.29, 1.82) is 0 Å². The fourth-order valence-corrected chi connectivity index (χ4v) is 2.10. The summed E-state index contributed by atoms with van der Waals surface area (Å²) in [5, 5.41) is 5.79. The van der Waals surface area contributed by atoms with Crippen molar-refractivity contribution in [1.82, 2.24) is 5.32 Å². The van der Waals surface area contributed by atoms with E-state index in [1.54, 1.807) is 7.11 Å². The Balaban J connectivity index is 1.99. The van der Waals surface area contributed by atoms with Gasteiger partial charge in [0, 0.05) is 18.4 Å². The molecule has 1 atom stereocenters. The largest absolute Gasteiger partial charge is 0.380 e. The molecular formula is C17H20N2O2. The molecule has 0 fully saturated rings. The van der Waals surface area contributed by atoms with Crippen LogP contribution >= 0.6 is 0 Å². The molecule has 21 heavy (non-hydrogen) atoms. The van der Waals surface area contributed by atoms with E-state index in [0.29, 0.717) is 6.61 Å². The lowest BCUT2D eigenvalue weighted by Gasteiger charge is -2.16. The Hall–Kier alpha value is -2.33. The highest BCUT2D eigenvalue weighted by Crippen LogP contribution is 2.16. The van der Waals surface area contributed by atoms with Gasteiger partial charge in [-0.2, -0.15) is 0 Å². The fourth-order valence-electron chi connectivity index (χ4n) is 2.10. The minimum Gasteiger partial charge on any atom is -0.380 e. The zero-order chi connectivity index (χ0) is 15.1. The minimum atomic E-state index is -0.227. The number of methoxy groups -OCH3 is 1. The van der Waals surface area contributed by atoms with Crippen molar-refractivity contribution < 1.29 is 9.53 Å². The molecule has 0 heterocycles. The molecule has 0 aliphatic rings. The first-order valence-corrected chi connectivity index (χ1v) is 6.90. The third-order valence-corrected chi connectivity index (χ3v) is 3.21. The Labute approximate surface area is 125 Å². The van der Waals surface area contributed by atoms with E-state index in [1.165, 1.54) is 0 Å². The quantitative estimate of drug-likeness (QED) is 0.879. The molecular weight excluding hydrogens is 264 g/mol. The Bertz CT molecular complexity index is 584. The van der Waals surface area contributed by atoms with Crippen LogP contribution in [0.5, 0.6) is 0 Å². The molecule has 4 nitrogen and oxygen atoms in total. The summed E-state index contributed by atoms with van der Waals surface area (Å²) in [6.07, 6.45) is 0. The van der Waals surface area contributed by atoms with Crippen molar-refractivity contribution in [2.45, 2.75) is 19.6 Å². The second-order valence-corrected chi connectivity index (χ2v) is 4.82. The van der Waals surface area contributed by atoms with E-state index in [-0.39, 0.29) is 12.1 Å². The average Bonchev–Trinajstić information content (AvgIpc) is 2.50. The number of nitrogens with one attached hydrogen (secondary N) is 2. The number of anilines is 1. The van der Waals surface area contributed by atoms with Crippen LogP contribution in [0, 0.1) is 0 Å². The van der Waals surface area contributed by atoms with Crippen molar-refractivity contribution >= 4 is 11.7 Å². The van der Waals surface area contributed by atoms with Crippen LogP contribution in [0.3, 0.4) is 0 Å². The predicted octanol–water partition coefficient (Wildman–Crippen LogP) is 3.72. The monoisotopic (exact) mass is 284 g/mol. The van der Waals surface area contributed by atoms with Gasteiger partial charge in [0.1, 0.15) is 0 Å². The zero-order valence-corrected chi connectivity index (χ0v) is 12.3. The van der Waals surface area contributed by atoms with Crippen LogP contribution in [0.4, 0.5) is 10.5 Å². The molecule has 0 unspecified atom stereocenters. The number of ether oxygens (including phenoxy) is 1. The topological polar surface area (TPSA) is 50.4 Å². The molecule has 0 saturated heterocycles. The van der Waals surface area contributed by atoms with Crippen molar-refractivity contribution in [3.8, 4) is 0 Å². The lowest BCUT2D eigenvalue weighted by molar-refractivity contribution is 0.185. The van der Waals surface area contributed by atoms with Gasteiger partial charge in [-0.3, -0.25) is 0 Å². The van der Waals surface area contributed by atoms with E-state index < -0.39 is 0 Å². The first-order chi connectivity index (χ1) is 10.2. The summed E-state index contributed by atoms with van der Waals surface area (Å²) in [5.74, 6) is 0. The van der Waals surface area contributed by atoms with Gasteiger partial charge in [0.25, 0.3) is 0 Å². The van der Waals surface area contributed by atoms with Crippen LogP contribution in [0.1, 0.15) is 24.1 Å². The van der Waals surface area contributed by atoms with E-state index in [4.69, 9.17) is 4.74 Å². The van der Waals surface area contributed by atoms with Crippen LogP contribution in [0.25, 0.3) is 0 Å². The second kappa shape index (κ2) is 7.45. The third-order valence-electron chi connectivity index (χ3n) is 3.21. The van der Waals surface area contributed by atoms with Gasteiger partial charge in [0.15, 0.2) is 0 Å². The van der Waals surface area contributed by atoms with Gasteiger partial charge in [-0.1, -0.05) is 48.5 Å². The Kier molecular flexibility index (Phi) is 5.35. The van der Waals surface area contributed by atoms with E-state index in [2.05, 4.69) is 10.6 Å². The van der Waals surface area contributed by atoms with Gasteiger partial charge < -0.3 is 15.4 Å². The van der Waals surface area contributed by atoms with Crippen LogP contribution in [0.15, 0.2) is 54.6 Å². The lowest BCUT2D eigenvalue weighted by atomic mass is 10.1.